The lowest BCUT2D eigenvalue weighted by molar-refractivity contribution is -0.203. The van der Waals surface area contributed by atoms with Crippen molar-refractivity contribution in [3.05, 3.63) is 106 Å². The molecule has 29 heteroatoms. The molecule has 0 aliphatic carbocycles. The zero-order chi connectivity index (χ0) is 62.6. The van der Waals surface area contributed by atoms with Crippen LogP contribution in [-0.2, 0) is 15.9 Å². The van der Waals surface area contributed by atoms with Gasteiger partial charge in [-0.2, -0.15) is 20.7 Å². The molecule has 8 aromatic heterocycles. The Kier molecular flexibility index (Phi) is 17.4. The molecule has 7 saturated heterocycles. The van der Waals surface area contributed by atoms with E-state index in [2.05, 4.69) is 67.9 Å². The molecule has 23 nitrogen and oxygen atoms in total. The van der Waals surface area contributed by atoms with Gasteiger partial charge in [0.15, 0.2) is 27.6 Å². The SMILES string of the molecule is CC(C)(O)COc1cc(B2OC(C)(C)C(C)(C)O2)c2c(C#N)cnn2c1.COc1ncc(CN2C3CC2CN(c2ncc(-c4cc(OCC(C)(C)O)cn5ncc(C#N)c45)s2)C3)cc1F.COc1ncc(ON2C3CC2CN(c2ncc(Br)s2)C3)cc1F. The zero-order valence-corrected chi connectivity index (χ0v) is 53.4. The van der Waals surface area contributed by atoms with Crippen molar-refractivity contribution in [2.24, 2.45) is 0 Å². The lowest BCUT2D eigenvalue weighted by atomic mass is 9.78. The molecule has 0 amide bonds. The molecule has 462 valence electrons. The van der Waals surface area contributed by atoms with Crippen molar-refractivity contribution in [3.8, 4) is 51.6 Å². The largest absolute Gasteiger partial charge is 0.497 e. The van der Waals surface area contributed by atoms with Crippen LogP contribution in [0.25, 0.3) is 21.5 Å². The van der Waals surface area contributed by atoms with Crippen molar-refractivity contribution in [1.82, 2.24) is 49.1 Å². The minimum atomic E-state index is -0.990. The summed E-state index contributed by atoms with van der Waals surface area (Å²) in [6.45, 7) is 18.8. The number of nitriles is 2. The van der Waals surface area contributed by atoms with Gasteiger partial charge in [0.05, 0.1) is 117 Å². The maximum Gasteiger partial charge on any atom is 0.497 e. The standard InChI is InChI=1S/C27H28FN7O3S.C18H24BN3O4.C14H14BrFN4O2S/c1-27(2,36)15-38-20-6-21(24-17(7-29)9-32-35(24)14-20)23-10-31-26(39-23)33-12-18-5-19(13-33)34(18)11-16-4-22(28)25(37-3)30-8-16;1-16(2,23)11-24-13-7-14(15-12(8-20)9-21-22(15)10-13)19-25-17(3,4)18(5,6)26-19;1-21-13-11(16)3-10(4-17-13)22-20-8-2-9(20)7-19(6-8)14-18-5-12(15)23-14/h4,6,8-10,14,18-19,36H,5,11-13,15H2,1-3H3;7,9-10,23H,11H2,1-6H3;3-5,8-9H,2,6-7H2,1H3. The molecule has 88 heavy (non-hydrogen) atoms. The average molecular weight is 1310 g/mol. The fourth-order valence-corrected chi connectivity index (χ4v) is 13.1. The van der Waals surface area contributed by atoms with Crippen molar-refractivity contribution in [1.29, 1.82) is 10.5 Å². The van der Waals surface area contributed by atoms with Gasteiger partial charge in [-0.05, 0) is 108 Å². The molecule has 15 heterocycles. The molecule has 15 rings (SSSR count). The average Bonchev–Trinajstić information content (AvgIpc) is 1.81. The van der Waals surface area contributed by atoms with Crippen LogP contribution in [0.3, 0.4) is 0 Å². The second-order valence-corrected chi connectivity index (χ2v) is 27.8. The first-order valence-electron chi connectivity index (χ1n) is 28.4. The van der Waals surface area contributed by atoms with E-state index < -0.39 is 41.2 Å². The summed E-state index contributed by atoms with van der Waals surface area (Å²) in [5.41, 5.74) is 1.55. The molecule has 8 aromatic rings. The van der Waals surface area contributed by atoms with Gasteiger partial charge in [0.1, 0.15) is 36.9 Å². The fourth-order valence-electron chi connectivity index (χ4n) is 11.0. The molecule has 0 aromatic carbocycles. The minimum absolute atomic E-state index is 0.0118. The third kappa shape index (κ3) is 13.2. The molecule has 0 saturated carbocycles. The van der Waals surface area contributed by atoms with Gasteiger partial charge in [-0.15, -0.1) is 5.06 Å². The summed E-state index contributed by atoms with van der Waals surface area (Å²) in [4.78, 5) is 30.8. The number of hydrogen-bond donors (Lipinski definition) is 2. The highest BCUT2D eigenvalue weighted by Gasteiger charge is 2.53. The fraction of sp³-hybridized carbons (Fsp3) is 0.458. The van der Waals surface area contributed by atoms with Crippen LogP contribution < -0.4 is 39.0 Å². The van der Waals surface area contributed by atoms with Crippen molar-refractivity contribution in [2.45, 2.75) is 121 Å². The van der Waals surface area contributed by atoms with Crippen LogP contribution in [0.1, 0.15) is 84.9 Å². The number of halogens is 3. The predicted molar refractivity (Wildman–Crippen MR) is 328 cm³/mol. The van der Waals surface area contributed by atoms with E-state index in [1.54, 1.807) is 84.1 Å². The van der Waals surface area contributed by atoms with Crippen LogP contribution in [0, 0.1) is 34.3 Å². The molecule has 0 radical (unpaired) electrons. The number of fused-ring (bicyclic) bond motifs is 6. The van der Waals surface area contributed by atoms with E-state index in [-0.39, 0.29) is 37.1 Å². The number of hydrogen-bond acceptors (Lipinski definition) is 23. The molecule has 2 N–H and O–H groups in total. The number of thiazole rings is 2. The van der Waals surface area contributed by atoms with Crippen LogP contribution in [0.5, 0.6) is 29.0 Å². The monoisotopic (exact) mass is 1310 g/mol. The summed E-state index contributed by atoms with van der Waals surface area (Å²) in [5, 5.41) is 51.5. The van der Waals surface area contributed by atoms with Gasteiger partial charge in [-0.3, -0.25) is 4.90 Å². The predicted octanol–water partition coefficient (Wildman–Crippen LogP) is 7.85. The number of ether oxygens (including phenoxy) is 4. The Balaban J connectivity index is 0.000000143. The van der Waals surface area contributed by atoms with Gasteiger partial charge in [0.25, 0.3) is 0 Å². The number of hydroxylamine groups is 2. The van der Waals surface area contributed by atoms with Gasteiger partial charge in [0.2, 0.25) is 11.8 Å². The highest BCUT2D eigenvalue weighted by Crippen LogP contribution is 2.43. The Morgan fingerprint density at radius 3 is 1.75 bits per heavy atom. The maximum absolute atomic E-state index is 14.1. The van der Waals surface area contributed by atoms with E-state index in [0.717, 1.165) is 69.1 Å². The third-order valence-electron chi connectivity index (χ3n) is 16.0. The van der Waals surface area contributed by atoms with E-state index in [1.165, 1.54) is 44.9 Å². The number of methoxy groups -OCH3 is 2. The number of pyridine rings is 4. The van der Waals surface area contributed by atoms with Gasteiger partial charge in [0, 0.05) is 74.3 Å². The van der Waals surface area contributed by atoms with Gasteiger partial charge < -0.3 is 53.1 Å². The minimum Gasteiger partial charge on any atom is -0.489 e. The number of aliphatic hydroxyl groups is 2. The molecular formula is C59H66BBrF2N14O9S2. The Morgan fingerprint density at radius 2 is 1.20 bits per heavy atom. The topological polar surface area (TPSA) is 252 Å². The number of aromatic nitrogens is 8. The van der Waals surface area contributed by atoms with E-state index >= 15 is 0 Å². The Hall–Kier alpha value is -7.32. The molecular weight excluding hydrogens is 1240 g/mol. The quantitative estimate of drug-likeness (QED) is 0.0874. The summed E-state index contributed by atoms with van der Waals surface area (Å²) in [5.74, 6) is 0.463. The van der Waals surface area contributed by atoms with Crippen molar-refractivity contribution < 1.29 is 52.1 Å². The van der Waals surface area contributed by atoms with E-state index in [1.807, 2.05) is 51.2 Å². The van der Waals surface area contributed by atoms with Crippen molar-refractivity contribution in [2.75, 3.05) is 63.4 Å². The lowest BCUT2D eigenvalue weighted by Crippen LogP contribution is -2.69. The number of piperazine rings is 2. The van der Waals surface area contributed by atoms with Crippen LogP contribution in [0.15, 0.2) is 77.6 Å². The van der Waals surface area contributed by atoms with Crippen LogP contribution in [0.4, 0.5) is 19.0 Å². The highest BCUT2D eigenvalue weighted by molar-refractivity contribution is 9.11. The molecule has 7 fully saturated rings. The second kappa shape index (κ2) is 24.6. The third-order valence-corrected chi connectivity index (χ3v) is 18.6. The molecule has 4 bridgehead atoms. The number of rotatable bonds is 16. The molecule has 4 unspecified atom stereocenters. The maximum atomic E-state index is 14.1. The van der Waals surface area contributed by atoms with Crippen LogP contribution >= 0.6 is 38.6 Å². The van der Waals surface area contributed by atoms with E-state index in [4.69, 9.17) is 38.1 Å². The first-order valence-corrected chi connectivity index (χ1v) is 30.8. The Morgan fingerprint density at radius 1 is 0.682 bits per heavy atom. The Labute approximate surface area is 523 Å². The zero-order valence-electron chi connectivity index (χ0n) is 50.1. The van der Waals surface area contributed by atoms with Crippen LogP contribution in [0.2, 0.25) is 0 Å². The summed E-state index contributed by atoms with van der Waals surface area (Å²) in [7, 11) is 2.14. The summed E-state index contributed by atoms with van der Waals surface area (Å²) < 4.78 is 65.7. The van der Waals surface area contributed by atoms with Gasteiger partial charge >= 0.3 is 7.12 Å². The molecule has 4 atom stereocenters. The summed E-state index contributed by atoms with van der Waals surface area (Å²) >= 11 is 6.63. The molecule has 7 aliphatic rings. The number of anilines is 2. The van der Waals surface area contributed by atoms with Gasteiger partial charge in [-0.1, -0.05) is 22.7 Å². The number of piperidine rings is 2. The normalized spacial score (nSPS) is 20.2. The van der Waals surface area contributed by atoms with Crippen LogP contribution in [-0.4, -0.2) is 167 Å². The lowest BCUT2D eigenvalue weighted by Gasteiger charge is -2.56. The molecule has 0 spiro atoms. The summed E-state index contributed by atoms with van der Waals surface area (Å²) in [6, 6.07) is 12.1. The van der Waals surface area contributed by atoms with Crippen molar-refractivity contribution in [3.63, 3.8) is 0 Å². The summed E-state index contributed by atoms with van der Waals surface area (Å²) in [6.07, 6.45) is 15.4. The van der Waals surface area contributed by atoms with Gasteiger partial charge in [-0.25, -0.2) is 37.7 Å². The molecule has 7 aliphatic heterocycles. The smallest absolute Gasteiger partial charge is 0.489 e. The highest BCUT2D eigenvalue weighted by atomic mass is 79.9. The second-order valence-electron chi connectivity index (χ2n) is 24.4. The Bertz CT molecular complexity index is 3910. The van der Waals surface area contributed by atoms with Crippen molar-refractivity contribution >= 4 is 72.5 Å². The van der Waals surface area contributed by atoms with E-state index in [0.29, 0.717) is 63.5 Å². The van der Waals surface area contributed by atoms with E-state index in [9.17, 15) is 29.5 Å². The number of nitrogens with zero attached hydrogens (tertiary/aromatic N) is 14. The first-order chi connectivity index (χ1) is 41.8. The first kappa shape index (κ1) is 62.3.